The molecule has 0 fully saturated rings. The van der Waals surface area contributed by atoms with Gasteiger partial charge in [-0.05, 0) is 30.7 Å². The molecule has 0 aromatic heterocycles. The van der Waals surface area contributed by atoms with E-state index in [4.69, 9.17) is 5.73 Å². The van der Waals surface area contributed by atoms with Gasteiger partial charge in [0.25, 0.3) is 0 Å². The quantitative estimate of drug-likeness (QED) is 0.466. The summed E-state index contributed by atoms with van der Waals surface area (Å²) < 4.78 is 0. The highest BCUT2D eigenvalue weighted by Gasteiger charge is 1.98. The summed E-state index contributed by atoms with van der Waals surface area (Å²) in [5, 5.41) is 2.76. The zero-order valence-corrected chi connectivity index (χ0v) is 9.86. The van der Waals surface area contributed by atoms with Gasteiger partial charge in [-0.25, -0.2) is 0 Å². The van der Waals surface area contributed by atoms with Gasteiger partial charge in [-0.1, -0.05) is 0 Å². The number of amides is 1. The van der Waals surface area contributed by atoms with Crippen molar-refractivity contribution in [3.8, 4) is 0 Å². The number of thioether (sulfide) groups is 1. The molecule has 82 valence electrons. The summed E-state index contributed by atoms with van der Waals surface area (Å²) in [6, 6.07) is 5.98. The van der Waals surface area contributed by atoms with Crippen molar-refractivity contribution in [2.45, 2.75) is 18.7 Å². The summed E-state index contributed by atoms with van der Waals surface area (Å²) in [6.45, 7) is 4.22. The van der Waals surface area contributed by atoms with Crippen LogP contribution in [0.2, 0.25) is 0 Å². The highest BCUT2D eigenvalue weighted by molar-refractivity contribution is 7.99. The Morgan fingerprint density at radius 3 is 2.87 bits per heavy atom. The van der Waals surface area contributed by atoms with E-state index in [2.05, 4.69) is 11.4 Å². The smallest absolute Gasteiger partial charge is 0.216 e. The van der Waals surface area contributed by atoms with E-state index >= 15 is 0 Å². The highest BCUT2D eigenvalue weighted by Crippen LogP contribution is 2.21. The molecule has 0 heterocycles. The Morgan fingerprint density at radius 1 is 1.53 bits per heavy atom. The number of nitrogen functional groups attached to an aromatic ring is 1. The minimum Gasteiger partial charge on any atom is -0.399 e. The lowest BCUT2D eigenvalue weighted by molar-refractivity contribution is -0.118. The van der Waals surface area contributed by atoms with E-state index in [9.17, 15) is 4.79 Å². The van der Waals surface area contributed by atoms with Gasteiger partial charge in [-0.2, -0.15) is 0 Å². The van der Waals surface area contributed by atoms with Crippen molar-refractivity contribution in [2.24, 2.45) is 0 Å². The monoisotopic (exact) mass is 224 g/mol. The van der Waals surface area contributed by atoms with E-state index in [1.54, 1.807) is 11.8 Å². The molecule has 0 aliphatic carbocycles. The molecule has 1 rings (SSSR count). The van der Waals surface area contributed by atoms with Gasteiger partial charge in [0.1, 0.15) is 0 Å². The first-order chi connectivity index (χ1) is 7.09. The topological polar surface area (TPSA) is 55.1 Å². The Kier molecular flexibility index (Phi) is 4.49. The van der Waals surface area contributed by atoms with Crippen molar-refractivity contribution in [1.82, 2.24) is 5.32 Å². The molecule has 0 spiro atoms. The van der Waals surface area contributed by atoms with Crippen LogP contribution in [-0.4, -0.2) is 18.2 Å². The molecule has 1 aromatic rings. The van der Waals surface area contributed by atoms with Crippen LogP contribution >= 0.6 is 11.8 Å². The highest BCUT2D eigenvalue weighted by atomic mass is 32.2. The molecular formula is C11H16N2OS. The minimum absolute atomic E-state index is 0.0177. The lowest BCUT2D eigenvalue weighted by Crippen LogP contribution is -2.22. The van der Waals surface area contributed by atoms with Crippen LogP contribution in [0, 0.1) is 6.92 Å². The fourth-order valence-electron chi connectivity index (χ4n) is 1.13. The molecule has 1 aromatic carbocycles. The van der Waals surface area contributed by atoms with Crippen LogP contribution in [0.1, 0.15) is 12.5 Å². The molecular weight excluding hydrogens is 208 g/mol. The lowest BCUT2D eigenvalue weighted by Gasteiger charge is -2.05. The third-order valence-corrected chi connectivity index (χ3v) is 2.98. The predicted octanol–water partition coefficient (Wildman–Crippen LogP) is 1.81. The fraction of sp³-hybridized carbons (Fsp3) is 0.364. The molecule has 0 radical (unpaired) electrons. The van der Waals surface area contributed by atoms with Crippen LogP contribution in [0.4, 0.5) is 5.69 Å². The Bertz CT molecular complexity index is 352. The standard InChI is InChI=1S/C11H16N2OS/c1-8-7-10(3-4-11(8)12)15-6-5-13-9(2)14/h3-4,7H,5-6,12H2,1-2H3,(H,13,14). The van der Waals surface area contributed by atoms with Crippen LogP contribution in [0.3, 0.4) is 0 Å². The van der Waals surface area contributed by atoms with Crippen LogP contribution in [-0.2, 0) is 4.79 Å². The van der Waals surface area contributed by atoms with Crippen LogP contribution in [0.25, 0.3) is 0 Å². The number of rotatable bonds is 4. The second-order valence-corrected chi connectivity index (χ2v) is 4.52. The maximum Gasteiger partial charge on any atom is 0.216 e. The first-order valence-corrected chi connectivity index (χ1v) is 5.81. The van der Waals surface area contributed by atoms with E-state index in [1.807, 2.05) is 19.1 Å². The van der Waals surface area contributed by atoms with Crippen molar-refractivity contribution in [3.63, 3.8) is 0 Å². The molecule has 0 saturated carbocycles. The summed E-state index contributed by atoms with van der Waals surface area (Å²) >= 11 is 1.72. The minimum atomic E-state index is 0.0177. The van der Waals surface area contributed by atoms with Gasteiger partial charge < -0.3 is 11.1 Å². The Hall–Kier alpha value is -1.16. The molecule has 0 atom stereocenters. The van der Waals surface area contributed by atoms with Crippen molar-refractivity contribution in [1.29, 1.82) is 0 Å². The summed E-state index contributed by atoms with van der Waals surface area (Å²) in [5.74, 6) is 0.896. The van der Waals surface area contributed by atoms with Gasteiger partial charge in [0.05, 0.1) is 0 Å². The van der Waals surface area contributed by atoms with Crippen molar-refractivity contribution in [2.75, 3.05) is 18.0 Å². The molecule has 4 heteroatoms. The number of nitrogens with two attached hydrogens (primary N) is 1. The summed E-state index contributed by atoms with van der Waals surface area (Å²) in [5.41, 5.74) is 7.63. The lowest BCUT2D eigenvalue weighted by atomic mass is 10.2. The van der Waals surface area contributed by atoms with Gasteiger partial charge in [-0.3, -0.25) is 4.79 Å². The molecule has 1 amide bonds. The zero-order valence-electron chi connectivity index (χ0n) is 9.04. The van der Waals surface area contributed by atoms with Crippen LogP contribution in [0.5, 0.6) is 0 Å². The Labute approximate surface area is 94.4 Å². The van der Waals surface area contributed by atoms with Gasteiger partial charge in [0.15, 0.2) is 0 Å². The maximum absolute atomic E-state index is 10.6. The van der Waals surface area contributed by atoms with Crippen LogP contribution in [0.15, 0.2) is 23.1 Å². The van der Waals surface area contributed by atoms with E-state index in [-0.39, 0.29) is 5.91 Å². The van der Waals surface area contributed by atoms with Gasteiger partial charge in [0.2, 0.25) is 5.91 Å². The molecule has 0 saturated heterocycles. The summed E-state index contributed by atoms with van der Waals surface area (Å²) in [6.07, 6.45) is 0. The molecule has 0 unspecified atom stereocenters. The van der Waals surface area contributed by atoms with E-state index in [0.717, 1.165) is 17.0 Å². The number of carbonyl (C=O) groups is 1. The number of hydrogen-bond acceptors (Lipinski definition) is 3. The van der Waals surface area contributed by atoms with Crippen molar-refractivity contribution < 1.29 is 4.79 Å². The summed E-state index contributed by atoms with van der Waals surface area (Å²) in [4.78, 5) is 11.8. The number of hydrogen-bond donors (Lipinski definition) is 2. The second-order valence-electron chi connectivity index (χ2n) is 3.35. The van der Waals surface area contributed by atoms with Crippen molar-refractivity contribution >= 4 is 23.4 Å². The molecule has 3 nitrogen and oxygen atoms in total. The molecule has 15 heavy (non-hydrogen) atoms. The average molecular weight is 224 g/mol. The van der Waals surface area contributed by atoms with Gasteiger partial charge >= 0.3 is 0 Å². The molecule has 0 aliphatic heterocycles. The molecule has 0 bridgehead atoms. The zero-order chi connectivity index (χ0) is 11.3. The number of carbonyl (C=O) groups excluding carboxylic acids is 1. The van der Waals surface area contributed by atoms with E-state index < -0.39 is 0 Å². The van der Waals surface area contributed by atoms with E-state index in [1.165, 1.54) is 11.8 Å². The third-order valence-electron chi connectivity index (χ3n) is 1.99. The number of aryl methyl sites for hydroxylation is 1. The largest absolute Gasteiger partial charge is 0.399 e. The third kappa shape index (κ3) is 4.25. The molecule has 0 aliphatic rings. The first-order valence-electron chi connectivity index (χ1n) is 4.83. The number of benzene rings is 1. The van der Waals surface area contributed by atoms with E-state index in [0.29, 0.717) is 6.54 Å². The van der Waals surface area contributed by atoms with Gasteiger partial charge in [0, 0.05) is 29.8 Å². The van der Waals surface area contributed by atoms with Crippen molar-refractivity contribution in [3.05, 3.63) is 23.8 Å². The normalized spacial score (nSPS) is 10.0. The Morgan fingerprint density at radius 2 is 2.27 bits per heavy atom. The predicted molar refractivity (Wildman–Crippen MR) is 65.0 cm³/mol. The Balaban J connectivity index is 2.38. The molecule has 3 N–H and O–H groups in total. The van der Waals surface area contributed by atoms with Gasteiger partial charge in [-0.15, -0.1) is 11.8 Å². The first kappa shape index (κ1) is 11.9. The number of anilines is 1. The average Bonchev–Trinajstić information content (AvgIpc) is 2.18. The second kappa shape index (κ2) is 5.66. The summed E-state index contributed by atoms with van der Waals surface area (Å²) in [7, 11) is 0. The fourth-order valence-corrected chi connectivity index (χ4v) is 2.00. The SMILES string of the molecule is CC(=O)NCCSc1ccc(N)c(C)c1. The maximum atomic E-state index is 10.6. The number of nitrogens with one attached hydrogen (secondary N) is 1. The van der Waals surface area contributed by atoms with Crippen LogP contribution < -0.4 is 11.1 Å².